The van der Waals surface area contributed by atoms with Gasteiger partial charge in [0.05, 0.1) is 5.69 Å². The van der Waals surface area contributed by atoms with Gasteiger partial charge in [0, 0.05) is 18.6 Å². The number of aromatic nitrogens is 5. The molecule has 12 heteroatoms. The second-order valence-electron chi connectivity index (χ2n) is 6.58. The topological polar surface area (TPSA) is 125 Å². The van der Waals surface area contributed by atoms with Gasteiger partial charge in [-0.1, -0.05) is 35.0 Å². The molecule has 1 amide bonds. The SMILES string of the molecule is Cn1c(=O)c(-c2noc(C(=O)NCc3ccccc3Cl)n2)nn(-c2ccc(F)cc2)c1=O. The molecule has 32 heavy (non-hydrogen) atoms. The first-order chi connectivity index (χ1) is 15.3. The minimum absolute atomic E-state index is 0.117. The van der Waals surface area contributed by atoms with Crippen molar-refractivity contribution in [1.29, 1.82) is 0 Å². The Morgan fingerprint density at radius 2 is 1.88 bits per heavy atom. The van der Waals surface area contributed by atoms with Gasteiger partial charge < -0.3 is 9.84 Å². The molecule has 0 unspecified atom stereocenters. The quantitative estimate of drug-likeness (QED) is 0.484. The van der Waals surface area contributed by atoms with E-state index in [0.717, 1.165) is 21.4 Å². The number of nitrogens with zero attached hydrogens (tertiary/aromatic N) is 5. The Morgan fingerprint density at radius 1 is 1.16 bits per heavy atom. The Morgan fingerprint density at radius 3 is 2.59 bits per heavy atom. The van der Waals surface area contributed by atoms with Crippen LogP contribution in [0.3, 0.4) is 0 Å². The van der Waals surface area contributed by atoms with Crippen LogP contribution in [0.15, 0.2) is 62.6 Å². The maximum absolute atomic E-state index is 13.2. The van der Waals surface area contributed by atoms with E-state index in [0.29, 0.717) is 10.6 Å². The first kappa shape index (κ1) is 21.1. The molecule has 2 aromatic heterocycles. The Bertz CT molecular complexity index is 1430. The van der Waals surface area contributed by atoms with Crippen molar-refractivity contribution in [3.8, 4) is 17.2 Å². The highest BCUT2D eigenvalue weighted by Crippen LogP contribution is 2.15. The molecule has 10 nitrogen and oxygen atoms in total. The zero-order valence-corrected chi connectivity index (χ0v) is 17.2. The molecule has 0 aliphatic carbocycles. The van der Waals surface area contributed by atoms with Crippen molar-refractivity contribution in [2.45, 2.75) is 6.54 Å². The van der Waals surface area contributed by atoms with Crippen LogP contribution in [0.1, 0.15) is 16.2 Å². The number of hydrogen-bond acceptors (Lipinski definition) is 7. The Labute approximate surface area is 183 Å². The van der Waals surface area contributed by atoms with Gasteiger partial charge in [0.25, 0.3) is 5.56 Å². The standard InChI is InChI=1S/C20H14ClFN6O4/c1-27-19(30)15(25-28(20(27)31)13-8-6-12(22)7-9-13)16-24-18(32-26-16)17(29)23-10-11-4-2-3-5-14(11)21/h2-9H,10H2,1H3,(H,23,29). The van der Waals surface area contributed by atoms with E-state index < -0.39 is 28.9 Å². The van der Waals surface area contributed by atoms with E-state index >= 15 is 0 Å². The van der Waals surface area contributed by atoms with Gasteiger partial charge in [0.1, 0.15) is 5.82 Å². The average molecular weight is 457 g/mol. The summed E-state index contributed by atoms with van der Waals surface area (Å²) in [6, 6.07) is 11.9. The summed E-state index contributed by atoms with van der Waals surface area (Å²) < 4.78 is 19.9. The molecule has 1 N–H and O–H groups in total. The van der Waals surface area contributed by atoms with Crippen LogP contribution in [-0.4, -0.2) is 30.4 Å². The second-order valence-corrected chi connectivity index (χ2v) is 6.99. The minimum atomic E-state index is -0.794. The summed E-state index contributed by atoms with van der Waals surface area (Å²) in [5.41, 5.74) is -0.979. The van der Waals surface area contributed by atoms with Gasteiger partial charge >= 0.3 is 17.5 Å². The van der Waals surface area contributed by atoms with Crippen molar-refractivity contribution >= 4 is 17.5 Å². The van der Waals surface area contributed by atoms with E-state index in [2.05, 4.69) is 20.6 Å². The number of carbonyl (C=O) groups is 1. The van der Waals surface area contributed by atoms with Gasteiger partial charge in [0.15, 0.2) is 5.69 Å². The van der Waals surface area contributed by atoms with Crippen LogP contribution in [0.5, 0.6) is 0 Å². The van der Waals surface area contributed by atoms with E-state index in [1.165, 1.54) is 19.2 Å². The van der Waals surface area contributed by atoms with E-state index in [4.69, 9.17) is 16.1 Å². The molecule has 0 spiro atoms. The summed E-state index contributed by atoms with van der Waals surface area (Å²) in [5.74, 6) is -1.88. The van der Waals surface area contributed by atoms with Crippen molar-refractivity contribution in [3.05, 3.63) is 91.7 Å². The fourth-order valence-corrected chi connectivity index (χ4v) is 2.97. The van der Waals surface area contributed by atoms with Gasteiger partial charge in [-0.25, -0.2) is 9.18 Å². The van der Waals surface area contributed by atoms with Gasteiger partial charge in [-0.15, -0.1) is 0 Å². The number of benzene rings is 2. The lowest BCUT2D eigenvalue weighted by Gasteiger charge is -2.07. The van der Waals surface area contributed by atoms with Crippen LogP contribution in [0.25, 0.3) is 17.2 Å². The van der Waals surface area contributed by atoms with Crippen LogP contribution in [0.4, 0.5) is 4.39 Å². The molecule has 162 valence electrons. The summed E-state index contributed by atoms with van der Waals surface area (Å²) in [4.78, 5) is 41.3. The van der Waals surface area contributed by atoms with Crippen LogP contribution in [-0.2, 0) is 13.6 Å². The molecule has 0 aliphatic heterocycles. The zero-order valence-electron chi connectivity index (χ0n) is 16.5. The van der Waals surface area contributed by atoms with Crippen molar-refractivity contribution in [2.75, 3.05) is 0 Å². The largest absolute Gasteiger partial charge is 0.351 e. The van der Waals surface area contributed by atoms with Crippen LogP contribution in [0.2, 0.25) is 5.02 Å². The predicted molar refractivity (Wildman–Crippen MR) is 111 cm³/mol. The first-order valence-corrected chi connectivity index (χ1v) is 9.55. The number of nitrogens with one attached hydrogen (secondary N) is 1. The highest BCUT2D eigenvalue weighted by Gasteiger charge is 2.22. The smallest absolute Gasteiger partial charge is 0.344 e. The number of carbonyl (C=O) groups excluding carboxylic acids is 1. The molecule has 0 bridgehead atoms. The maximum atomic E-state index is 13.2. The molecule has 0 fully saturated rings. The Kier molecular flexibility index (Phi) is 5.65. The molecule has 0 saturated carbocycles. The molecule has 4 aromatic rings. The molecular formula is C20H14ClFN6O4. The van der Waals surface area contributed by atoms with E-state index in [1.54, 1.807) is 24.3 Å². The number of hydrogen-bond donors (Lipinski definition) is 1. The van der Waals surface area contributed by atoms with Crippen molar-refractivity contribution in [1.82, 2.24) is 29.8 Å². The Balaban J connectivity index is 1.64. The predicted octanol–water partition coefficient (Wildman–Crippen LogP) is 1.70. The van der Waals surface area contributed by atoms with Gasteiger partial charge in [-0.05, 0) is 35.9 Å². The number of halogens is 2. The van der Waals surface area contributed by atoms with Crippen LogP contribution >= 0.6 is 11.6 Å². The molecule has 0 atom stereocenters. The van der Waals surface area contributed by atoms with E-state index in [1.807, 2.05) is 0 Å². The highest BCUT2D eigenvalue weighted by molar-refractivity contribution is 6.31. The number of rotatable bonds is 5. The fraction of sp³-hybridized carbons (Fsp3) is 0.100. The third-order valence-corrected chi connectivity index (χ3v) is 4.84. The van der Waals surface area contributed by atoms with Crippen LogP contribution < -0.4 is 16.6 Å². The average Bonchev–Trinajstić information content (AvgIpc) is 3.28. The van der Waals surface area contributed by atoms with Crippen LogP contribution in [0, 0.1) is 5.82 Å². The molecule has 0 radical (unpaired) electrons. The van der Waals surface area contributed by atoms with Gasteiger partial charge in [-0.3, -0.25) is 14.2 Å². The third kappa shape index (κ3) is 4.05. The van der Waals surface area contributed by atoms with Gasteiger partial charge in [-0.2, -0.15) is 14.8 Å². The second kappa shape index (κ2) is 8.55. The fourth-order valence-electron chi connectivity index (χ4n) is 2.77. The number of amides is 1. The molecular weight excluding hydrogens is 443 g/mol. The summed E-state index contributed by atoms with van der Waals surface area (Å²) >= 11 is 6.06. The zero-order chi connectivity index (χ0) is 22.8. The highest BCUT2D eigenvalue weighted by atomic mass is 35.5. The minimum Gasteiger partial charge on any atom is -0.344 e. The summed E-state index contributed by atoms with van der Waals surface area (Å²) in [7, 11) is 1.24. The van der Waals surface area contributed by atoms with Crippen molar-refractivity contribution in [2.24, 2.45) is 7.05 Å². The monoisotopic (exact) mass is 456 g/mol. The van der Waals surface area contributed by atoms with Crippen molar-refractivity contribution < 1.29 is 13.7 Å². The van der Waals surface area contributed by atoms with E-state index in [-0.39, 0.29) is 23.8 Å². The summed E-state index contributed by atoms with van der Waals surface area (Å²) in [6.07, 6.45) is 0. The summed E-state index contributed by atoms with van der Waals surface area (Å²) in [5, 5.41) is 10.7. The molecule has 0 saturated heterocycles. The molecule has 0 aliphatic rings. The van der Waals surface area contributed by atoms with Crippen molar-refractivity contribution in [3.63, 3.8) is 0 Å². The van der Waals surface area contributed by atoms with Gasteiger partial charge in [0.2, 0.25) is 5.82 Å². The third-order valence-electron chi connectivity index (χ3n) is 4.48. The first-order valence-electron chi connectivity index (χ1n) is 9.17. The lowest BCUT2D eigenvalue weighted by atomic mass is 10.2. The lowest BCUT2D eigenvalue weighted by molar-refractivity contribution is 0.0907. The normalized spacial score (nSPS) is 10.8. The molecule has 2 aromatic carbocycles. The summed E-state index contributed by atoms with van der Waals surface area (Å²) in [6.45, 7) is 0.117. The molecule has 4 rings (SSSR count). The van der Waals surface area contributed by atoms with E-state index in [9.17, 15) is 18.8 Å². The maximum Gasteiger partial charge on any atom is 0.351 e. The lowest BCUT2D eigenvalue weighted by Crippen LogP contribution is -2.40. The Hall–Kier alpha value is -4.12. The molecule has 2 heterocycles.